The molecule has 2 aliphatic rings. The minimum Gasteiger partial charge on any atom is -0.311 e. The topological polar surface area (TPSA) is 47.3 Å². The van der Waals surface area contributed by atoms with E-state index in [2.05, 4.69) is 18.0 Å². The van der Waals surface area contributed by atoms with E-state index < -0.39 is 0 Å². The number of carbonyl (C=O) groups excluding carboxylic acids is 1. The van der Waals surface area contributed by atoms with Crippen LogP contribution in [0.3, 0.4) is 0 Å². The van der Waals surface area contributed by atoms with E-state index in [1.165, 1.54) is 12.8 Å². The number of amides is 1. The van der Waals surface area contributed by atoms with Crippen LogP contribution in [0.2, 0.25) is 0 Å². The maximum absolute atomic E-state index is 12.5. The van der Waals surface area contributed by atoms with Crippen molar-refractivity contribution < 1.29 is 4.79 Å². The van der Waals surface area contributed by atoms with E-state index in [0.717, 1.165) is 31.1 Å². The first-order valence-electron chi connectivity index (χ1n) is 7.21. The van der Waals surface area contributed by atoms with Gasteiger partial charge in [-0.05, 0) is 56.5 Å². The van der Waals surface area contributed by atoms with Crippen molar-refractivity contribution in [3.8, 4) is 6.07 Å². The van der Waals surface area contributed by atoms with Gasteiger partial charge in [-0.1, -0.05) is 0 Å². The molecular weight excluding hydrogens is 250 g/mol. The zero-order chi connectivity index (χ0) is 14.1. The molecule has 0 unspecified atom stereocenters. The van der Waals surface area contributed by atoms with Crippen LogP contribution >= 0.6 is 0 Å². The van der Waals surface area contributed by atoms with Crippen LogP contribution in [-0.2, 0) is 4.79 Å². The van der Waals surface area contributed by atoms with Gasteiger partial charge in [0.1, 0.15) is 0 Å². The standard InChI is InChI=1S/C16H19N3O/c1-18(11-13-2-3-13)15-8-9-19(16(15)20)14-6-4-12(10-17)5-7-14/h4-7,13,15H,2-3,8-9,11H2,1H3/t15-/m0/s1. The molecule has 4 heteroatoms. The first-order valence-corrected chi connectivity index (χ1v) is 7.21. The van der Waals surface area contributed by atoms with Crippen molar-refractivity contribution >= 4 is 11.6 Å². The van der Waals surface area contributed by atoms with Crippen molar-refractivity contribution in [1.82, 2.24) is 4.90 Å². The molecule has 1 heterocycles. The van der Waals surface area contributed by atoms with Crippen LogP contribution in [0.4, 0.5) is 5.69 Å². The maximum Gasteiger partial charge on any atom is 0.244 e. The minimum absolute atomic E-state index is 0.0197. The number of nitriles is 1. The highest BCUT2D eigenvalue weighted by atomic mass is 16.2. The number of carbonyl (C=O) groups is 1. The second-order valence-corrected chi connectivity index (χ2v) is 5.84. The Kier molecular flexibility index (Phi) is 3.45. The third-order valence-corrected chi connectivity index (χ3v) is 4.26. The lowest BCUT2D eigenvalue weighted by molar-refractivity contribution is -0.121. The Labute approximate surface area is 119 Å². The third-order valence-electron chi connectivity index (χ3n) is 4.26. The van der Waals surface area contributed by atoms with E-state index in [0.29, 0.717) is 5.56 Å². The quantitative estimate of drug-likeness (QED) is 0.840. The van der Waals surface area contributed by atoms with Crippen LogP contribution in [-0.4, -0.2) is 37.0 Å². The predicted octanol–water partition coefficient (Wildman–Crippen LogP) is 2.01. The second kappa shape index (κ2) is 5.26. The van der Waals surface area contributed by atoms with Crippen LogP contribution in [0.15, 0.2) is 24.3 Å². The molecule has 2 fully saturated rings. The number of likely N-dealkylation sites (N-methyl/N-ethyl adjacent to an activating group) is 1. The van der Waals surface area contributed by atoms with E-state index >= 15 is 0 Å². The fraction of sp³-hybridized carbons (Fsp3) is 0.500. The van der Waals surface area contributed by atoms with Gasteiger partial charge in [0.2, 0.25) is 5.91 Å². The molecule has 1 aliphatic heterocycles. The average Bonchev–Trinajstić information content (AvgIpc) is 3.19. The summed E-state index contributed by atoms with van der Waals surface area (Å²) in [4.78, 5) is 16.6. The molecule has 20 heavy (non-hydrogen) atoms. The van der Waals surface area contributed by atoms with Crippen LogP contribution in [0, 0.1) is 17.2 Å². The van der Waals surface area contributed by atoms with Gasteiger partial charge >= 0.3 is 0 Å². The van der Waals surface area contributed by atoms with Crippen LogP contribution < -0.4 is 4.90 Å². The van der Waals surface area contributed by atoms with Gasteiger partial charge in [0.05, 0.1) is 17.7 Å². The zero-order valence-electron chi connectivity index (χ0n) is 11.7. The fourth-order valence-electron chi connectivity index (χ4n) is 2.88. The van der Waals surface area contributed by atoms with E-state index in [9.17, 15) is 4.79 Å². The molecule has 1 aromatic carbocycles. The Morgan fingerprint density at radius 1 is 1.30 bits per heavy atom. The second-order valence-electron chi connectivity index (χ2n) is 5.84. The van der Waals surface area contributed by atoms with Gasteiger partial charge in [-0.2, -0.15) is 5.26 Å². The van der Waals surface area contributed by atoms with E-state index in [4.69, 9.17) is 5.26 Å². The summed E-state index contributed by atoms with van der Waals surface area (Å²) in [5, 5.41) is 8.81. The van der Waals surface area contributed by atoms with Gasteiger partial charge in [0, 0.05) is 18.8 Å². The number of hydrogen-bond donors (Lipinski definition) is 0. The lowest BCUT2D eigenvalue weighted by atomic mass is 10.2. The molecule has 1 saturated carbocycles. The lowest BCUT2D eigenvalue weighted by Crippen LogP contribution is -2.40. The Morgan fingerprint density at radius 3 is 2.60 bits per heavy atom. The first kappa shape index (κ1) is 13.1. The van der Waals surface area contributed by atoms with E-state index in [1.807, 2.05) is 17.0 Å². The maximum atomic E-state index is 12.5. The monoisotopic (exact) mass is 269 g/mol. The molecule has 1 saturated heterocycles. The Morgan fingerprint density at radius 2 is 2.00 bits per heavy atom. The minimum atomic E-state index is 0.0197. The van der Waals surface area contributed by atoms with Gasteiger partial charge in [0.25, 0.3) is 0 Å². The van der Waals surface area contributed by atoms with Crippen molar-refractivity contribution in [3.63, 3.8) is 0 Å². The van der Waals surface area contributed by atoms with Gasteiger partial charge in [-0.3, -0.25) is 9.69 Å². The molecule has 0 N–H and O–H groups in total. The SMILES string of the molecule is CN(CC1CC1)[C@H]1CCN(c2ccc(C#N)cc2)C1=O. The predicted molar refractivity (Wildman–Crippen MR) is 77.3 cm³/mol. The Bertz CT molecular complexity index is 542. The summed E-state index contributed by atoms with van der Waals surface area (Å²) in [7, 11) is 2.06. The van der Waals surface area contributed by atoms with Crippen molar-refractivity contribution in [2.75, 3.05) is 25.0 Å². The highest BCUT2D eigenvalue weighted by Gasteiger charge is 2.37. The smallest absolute Gasteiger partial charge is 0.244 e. The van der Waals surface area contributed by atoms with Crippen LogP contribution in [0.25, 0.3) is 0 Å². The van der Waals surface area contributed by atoms with E-state index in [-0.39, 0.29) is 11.9 Å². The number of hydrogen-bond acceptors (Lipinski definition) is 3. The molecule has 1 aliphatic carbocycles. The van der Waals surface area contributed by atoms with Gasteiger partial charge < -0.3 is 4.90 Å². The first-order chi connectivity index (χ1) is 9.69. The number of benzene rings is 1. The summed E-state index contributed by atoms with van der Waals surface area (Å²) >= 11 is 0. The lowest BCUT2D eigenvalue weighted by Gasteiger charge is -2.23. The van der Waals surface area contributed by atoms with Crippen molar-refractivity contribution in [2.45, 2.75) is 25.3 Å². The molecule has 0 spiro atoms. The van der Waals surface area contributed by atoms with Crippen molar-refractivity contribution in [2.24, 2.45) is 5.92 Å². The fourth-order valence-corrected chi connectivity index (χ4v) is 2.88. The summed E-state index contributed by atoms with van der Waals surface area (Å²) in [6.45, 7) is 1.81. The Balaban J connectivity index is 1.69. The van der Waals surface area contributed by atoms with Gasteiger partial charge in [-0.15, -0.1) is 0 Å². The molecular formula is C16H19N3O. The van der Waals surface area contributed by atoms with Crippen molar-refractivity contribution in [3.05, 3.63) is 29.8 Å². The van der Waals surface area contributed by atoms with Crippen LogP contribution in [0.1, 0.15) is 24.8 Å². The summed E-state index contributed by atoms with van der Waals surface area (Å²) < 4.78 is 0. The average molecular weight is 269 g/mol. The van der Waals surface area contributed by atoms with Gasteiger partial charge in [-0.25, -0.2) is 0 Å². The third kappa shape index (κ3) is 2.54. The zero-order valence-corrected chi connectivity index (χ0v) is 11.7. The summed E-state index contributed by atoms with van der Waals surface area (Å²) in [6, 6.07) is 9.38. The molecule has 104 valence electrons. The highest BCUT2D eigenvalue weighted by Crippen LogP contribution is 2.31. The summed E-state index contributed by atoms with van der Waals surface area (Å²) in [6.07, 6.45) is 3.51. The molecule has 3 rings (SSSR count). The largest absolute Gasteiger partial charge is 0.311 e. The normalized spacial score (nSPS) is 22.4. The number of anilines is 1. The molecule has 0 radical (unpaired) electrons. The van der Waals surface area contributed by atoms with Crippen molar-refractivity contribution in [1.29, 1.82) is 5.26 Å². The highest BCUT2D eigenvalue weighted by molar-refractivity contribution is 5.99. The Hall–Kier alpha value is -1.86. The molecule has 4 nitrogen and oxygen atoms in total. The molecule has 0 bridgehead atoms. The molecule has 1 amide bonds. The number of rotatable bonds is 4. The number of nitrogens with zero attached hydrogens (tertiary/aromatic N) is 3. The molecule has 1 atom stereocenters. The van der Waals surface area contributed by atoms with Gasteiger partial charge in [0.15, 0.2) is 0 Å². The molecule has 0 aromatic heterocycles. The van der Waals surface area contributed by atoms with E-state index in [1.54, 1.807) is 12.1 Å². The molecule has 1 aromatic rings. The summed E-state index contributed by atoms with van der Waals surface area (Å²) in [5.74, 6) is 0.995. The van der Waals surface area contributed by atoms with Crippen LogP contribution in [0.5, 0.6) is 0 Å². The summed E-state index contributed by atoms with van der Waals surface area (Å²) in [5.41, 5.74) is 1.53.